The summed E-state index contributed by atoms with van der Waals surface area (Å²) in [6.07, 6.45) is 7.78. The van der Waals surface area contributed by atoms with Gasteiger partial charge in [0, 0.05) is 19.8 Å². The van der Waals surface area contributed by atoms with Crippen molar-refractivity contribution in [3.8, 4) is 5.75 Å². The number of hydrogen-bond acceptors (Lipinski definition) is 6. The molecule has 4 aliphatic carbocycles. The Balaban J connectivity index is 0.00000117. The summed E-state index contributed by atoms with van der Waals surface area (Å²) in [5.41, 5.74) is 1.93. The number of methoxy groups -OCH3 is 2. The van der Waals surface area contributed by atoms with Gasteiger partial charge in [0.05, 0.1) is 25.9 Å². The second-order valence-electron chi connectivity index (χ2n) is 8.56. The standard InChI is InChI=1S/C22H30O5.CH4O/c1-24-5-6-26-14-27-20-4-3-18(21(23)25-2)10-19(20)22-11-15-7-16(12-22)9-17(8-15)13-22;1-2/h3-4,10,15-17H,5-9,11-14H2,1-2H3;2H,1H3. The maximum absolute atomic E-state index is 12.1. The molecule has 0 aromatic heterocycles. The van der Waals surface area contributed by atoms with E-state index in [0.29, 0.717) is 18.8 Å². The van der Waals surface area contributed by atoms with Gasteiger partial charge in [0.15, 0.2) is 6.79 Å². The van der Waals surface area contributed by atoms with E-state index in [1.54, 1.807) is 13.2 Å². The predicted octanol–water partition coefficient (Wildman–Crippen LogP) is 3.55. The summed E-state index contributed by atoms with van der Waals surface area (Å²) in [5.74, 6) is 3.03. The highest BCUT2D eigenvalue weighted by Gasteiger charge is 2.52. The van der Waals surface area contributed by atoms with E-state index in [4.69, 9.17) is 24.1 Å². The van der Waals surface area contributed by atoms with Crippen LogP contribution in [0.5, 0.6) is 5.75 Å². The fourth-order valence-electron chi connectivity index (χ4n) is 6.06. The van der Waals surface area contributed by atoms with Crippen LogP contribution >= 0.6 is 0 Å². The molecule has 29 heavy (non-hydrogen) atoms. The fraction of sp³-hybridized carbons (Fsp3) is 0.696. The molecule has 0 unspecified atom stereocenters. The van der Waals surface area contributed by atoms with Gasteiger partial charge in [0.2, 0.25) is 0 Å². The Bertz CT molecular complexity index is 651. The van der Waals surface area contributed by atoms with E-state index < -0.39 is 0 Å². The summed E-state index contributed by atoms with van der Waals surface area (Å²) in [6.45, 7) is 1.25. The summed E-state index contributed by atoms with van der Waals surface area (Å²) in [4.78, 5) is 12.1. The minimum Gasteiger partial charge on any atom is -0.467 e. The summed E-state index contributed by atoms with van der Waals surface area (Å²) in [7, 11) is 4.09. The Morgan fingerprint density at radius 3 is 2.21 bits per heavy atom. The van der Waals surface area contributed by atoms with Gasteiger partial charge >= 0.3 is 5.97 Å². The molecule has 0 amide bonds. The monoisotopic (exact) mass is 406 g/mol. The van der Waals surface area contributed by atoms with Gasteiger partial charge in [-0.25, -0.2) is 4.79 Å². The van der Waals surface area contributed by atoms with Gasteiger partial charge in [0.1, 0.15) is 5.75 Å². The maximum atomic E-state index is 12.1. The predicted molar refractivity (Wildman–Crippen MR) is 109 cm³/mol. The van der Waals surface area contributed by atoms with Gasteiger partial charge in [-0.1, -0.05) is 0 Å². The molecule has 6 heteroatoms. The summed E-state index contributed by atoms with van der Waals surface area (Å²) < 4.78 is 21.5. The van der Waals surface area contributed by atoms with E-state index in [1.807, 2.05) is 12.1 Å². The summed E-state index contributed by atoms with van der Waals surface area (Å²) >= 11 is 0. The highest BCUT2D eigenvalue weighted by atomic mass is 16.7. The maximum Gasteiger partial charge on any atom is 0.337 e. The van der Waals surface area contributed by atoms with Crippen LogP contribution in [0.2, 0.25) is 0 Å². The van der Waals surface area contributed by atoms with Gasteiger partial charge < -0.3 is 24.1 Å². The number of ether oxygens (including phenoxy) is 4. The van der Waals surface area contributed by atoms with Crippen molar-refractivity contribution in [2.24, 2.45) is 17.8 Å². The third kappa shape index (κ3) is 4.76. The third-order valence-electron chi connectivity index (χ3n) is 6.74. The Hall–Kier alpha value is -1.63. The Morgan fingerprint density at radius 1 is 1.03 bits per heavy atom. The first kappa shape index (κ1) is 22.1. The molecule has 1 aromatic carbocycles. The molecule has 0 radical (unpaired) electrons. The van der Waals surface area contributed by atoms with E-state index in [0.717, 1.165) is 30.6 Å². The lowest BCUT2D eigenvalue weighted by Crippen LogP contribution is -2.48. The molecule has 4 fully saturated rings. The molecule has 0 atom stereocenters. The fourth-order valence-corrected chi connectivity index (χ4v) is 6.06. The zero-order chi connectivity index (χ0) is 20.9. The van der Waals surface area contributed by atoms with Crippen molar-refractivity contribution in [1.82, 2.24) is 0 Å². The van der Waals surface area contributed by atoms with Gasteiger partial charge in [0.25, 0.3) is 0 Å². The summed E-state index contributed by atoms with van der Waals surface area (Å²) in [6, 6.07) is 5.73. The number of aliphatic hydroxyl groups excluding tert-OH is 1. The number of esters is 1. The largest absolute Gasteiger partial charge is 0.467 e. The second kappa shape index (κ2) is 9.92. The first-order valence-corrected chi connectivity index (χ1v) is 10.5. The quantitative estimate of drug-likeness (QED) is 0.404. The normalized spacial score (nSPS) is 29.2. The topological polar surface area (TPSA) is 74.2 Å². The Morgan fingerprint density at radius 2 is 1.66 bits per heavy atom. The van der Waals surface area contributed by atoms with Crippen molar-refractivity contribution in [3.63, 3.8) is 0 Å². The molecular weight excluding hydrogens is 372 g/mol. The number of benzene rings is 1. The molecule has 4 bridgehead atoms. The first-order chi connectivity index (χ1) is 14.1. The Labute approximate surface area is 173 Å². The zero-order valence-electron chi connectivity index (χ0n) is 17.8. The second-order valence-corrected chi connectivity index (χ2v) is 8.56. The molecule has 5 rings (SSSR count). The molecule has 0 saturated heterocycles. The van der Waals surface area contributed by atoms with E-state index in [9.17, 15) is 4.79 Å². The van der Waals surface area contributed by atoms with E-state index in [-0.39, 0.29) is 18.2 Å². The highest BCUT2D eigenvalue weighted by Crippen LogP contribution is 2.61. The van der Waals surface area contributed by atoms with Gasteiger partial charge in [-0.05, 0) is 79.9 Å². The molecule has 0 spiro atoms. The molecule has 1 aromatic rings. The van der Waals surface area contributed by atoms with Crippen LogP contribution in [0, 0.1) is 17.8 Å². The van der Waals surface area contributed by atoms with E-state index in [1.165, 1.54) is 51.2 Å². The lowest BCUT2D eigenvalue weighted by atomic mass is 9.48. The van der Waals surface area contributed by atoms with Crippen LogP contribution in [0.3, 0.4) is 0 Å². The minimum atomic E-state index is -0.288. The van der Waals surface area contributed by atoms with Crippen molar-refractivity contribution in [2.45, 2.75) is 43.9 Å². The molecule has 0 aliphatic heterocycles. The van der Waals surface area contributed by atoms with Crippen molar-refractivity contribution < 1.29 is 28.8 Å². The van der Waals surface area contributed by atoms with Gasteiger partial charge in [-0.15, -0.1) is 0 Å². The van der Waals surface area contributed by atoms with Crippen LogP contribution in [-0.4, -0.2) is 52.4 Å². The molecule has 162 valence electrons. The molecule has 6 nitrogen and oxygen atoms in total. The van der Waals surface area contributed by atoms with Crippen molar-refractivity contribution in [3.05, 3.63) is 29.3 Å². The molecule has 4 aliphatic rings. The molecular formula is C23H34O6. The first-order valence-electron chi connectivity index (χ1n) is 10.5. The van der Waals surface area contributed by atoms with E-state index in [2.05, 4.69) is 0 Å². The van der Waals surface area contributed by atoms with Crippen molar-refractivity contribution in [2.75, 3.05) is 41.3 Å². The SMILES string of the molecule is CO.COCCOCOc1ccc(C(=O)OC)cc1C12CC3CC(CC(C3)C1)C2. The van der Waals surface area contributed by atoms with Crippen LogP contribution in [-0.2, 0) is 19.6 Å². The average Bonchev–Trinajstić information content (AvgIpc) is 2.73. The highest BCUT2D eigenvalue weighted by molar-refractivity contribution is 5.89. The zero-order valence-corrected chi connectivity index (χ0v) is 17.8. The molecule has 4 saturated carbocycles. The van der Waals surface area contributed by atoms with Crippen LogP contribution < -0.4 is 4.74 Å². The van der Waals surface area contributed by atoms with Crippen LogP contribution in [0.15, 0.2) is 18.2 Å². The third-order valence-corrected chi connectivity index (χ3v) is 6.74. The lowest BCUT2D eigenvalue weighted by Gasteiger charge is -2.57. The van der Waals surface area contributed by atoms with Crippen molar-refractivity contribution >= 4 is 5.97 Å². The van der Waals surface area contributed by atoms with Crippen LogP contribution in [0.1, 0.15) is 54.4 Å². The smallest absolute Gasteiger partial charge is 0.337 e. The van der Waals surface area contributed by atoms with Gasteiger partial charge in [-0.2, -0.15) is 0 Å². The Kier molecular flexibility index (Phi) is 7.55. The van der Waals surface area contributed by atoms with E-state index >= 15 is 0 Å². The molecule has 0 heterocycles. The average molecular weight is 407 g/mol. The number of hydrogen-bond donors (Lipinski definition) is 1. The van der Waals surface area contributed by atoms with Crippen molar-refractivity contribution in [1.29, 1.82) is 0 Å². The van der Waals surface area contributed by atoms with Crippen LogP contribution in [0.25, 0.3) is 0 Å². The number of aliphatic hydroxyl groups is 1. The molecule has 1 N–H and O–H groups in total. The minimum absolute atomic E-state index is 0.140. The lowest BCUT2D eigenvalue weighted by molar-refractivity contribution is -0.0189. The number of carbonyl (C=O) groups is 1. The van der Waals surface area contributed by atoms with Gasteiger partial charge in [-0.3, -0.25) is 0 Å². The number of rotatable bonds is 8. The number of carbonyl (C=O) groups excluding carboxylic acids is 1. The summed E-state index contributed by atoms with van der Waals surface area (Å²) in [5, 5.41) is 7.00. The van der Waals surface area contributed by atoms with Crippen LogP contribution in [0.4, 0.5) is 0 Å².